The van der Waals surface area contributed by atoms with Gasteiger partial charge in [-0.3, -0.25) is 9.78 Å². The van der Waals surface area contributed by atoms with Gasteiger partial charge in [-0.1, -0.05) is 24.3 Å². The van der Waals surface area contributed by atoms with Crippen LogP contribution in [-0.2, 0) is 9.47 Å². The van der Waals surface area contributed by atoms with Crippen LogP contribution in [0.5, 0.6) is 0 Å². The van der Waals surface area contributed by atoms with Crippen molar-refractivity contribution < 1.29 is 23.9 Å². The van der Waals surface area contributed by atoms with Gasteiger partial charge in [-0.2, -0.15) is 0 Å². The highest BCUT2D eigenvalue weighted by molar-refractivity contribution is 6.12. The lowest BCUT2D eigenvalue weighted by Crippen LogP contribution is -2.16. The number of anilines is 1. The maximum Gasteiger partial charge on any atom is 0.337 e. The molecule has 0 bridgehead atoms. The van der Waals surface area contributed by atoms with E-state index in [1.165, 1.54) is 32.4 Å². The quantitative estimate of drug-likeness (QED) is 0.715. The Hall–Kier alpha value is -3.74. The molecule has 1 amide bonds. The predicted molar refractivity (Wildman–Crippen MR) is 98.8 cm³/mol. The highest BCUT2D eigenvalue weighted by Crippen LogP contribution is 2.20. The average Bonchev–Trinajstić information content (AvgIpc) is 2.71. The van der Waals surface area contributed by atoms with Gasteiger partial charge in [0.25, 0.3) is 5.91 Å². The molecule has 1 heterocycles. The first-order valence-electron chi connectivity index (χ1n) is 8.00. The van der Waals surface area contributed by atoms with E-state index in [-0.39, 0.29) is 22.5 Å². The van der Waals surface area contributed by atoms with Crippen molar-refractivity contribution in [2.75, 3.05) is 19.5 Å². The number of hydrogen-bond acceptors (Lipinski definition) is 6. The molecule has 0 aliphatic rings. The zero-order chi connectivity index (χ0) is 19.4. The summed E-state index contributed by atoms with van der Waals surface area (Å²) >= 11 is 0. The molecule has 2 aromatic carbocycles. The Morgan fingerprint density at radius 3 is 2.15 bits per heavy atom. The van der Waals surface area contributed by atoms with Crippen molar-refractivity contribution in [1.82, 2.24) is 4.98 Å². The summed E-state index contributed by atoms with van der Waals surface area (Å²) in [5, 5.41) is 4.23. The third-order valence-corrected chi connectivity index (χ3v) is 3.92. The molecule has 1 aromatic heterocycles. The number of hydrogen-bond donors (Lipinski definition) is 1. The smallest absolute Gasteiger partial charge is 0.337 e. The van der Waals surface area contributed by atoms with E-state index >= 15 is 0 Å². The Balaban J connectivity index is 1.99. The Kier molecular flexibility index (Phi) is 5.12. The van der Waals surface area contributed by atoms with Gasteiger partial charge in [-0.25, -0.2) is 9.59 Å². The monoisotopic (exact) mass is 364 g/mol. The molecule has 1 N–H and O–H groups in total. The van der Waals surface area contributed by atoms with Crippen LogP contribution in [0.4, 0.5) is 5.69 Å². The summed E-state index contributed by atoms with van der Waals surface area (Å²) in [6, 6.07) is 13.3. The Bertz CT molecular complexity index is 1010. The minimum atomic E-state index is -0.639. The Labute approximate surface area is 154 Å². The minimum Gasteiger partial charge on any atom is -0.465 e. The van der Waals surface area contributed by atoms with Crippen LogP contribution >= 0.6 is 0 Å². The molecule has 0 aliphatic carbocycles. The molecule has 0 aliphatic heterocycles. The van der Waals surface area contributed by atoms with Crippen molar-refractivity contribution in [2.45, 2.75) is 0 Å². The van der Waals surface area contributed by atoms with Crippen LogP contribution in [0.15, 0.2) is 54.7 Å². The van der Waals surface area contributed by atoms with E-state index in [2.05, 4.69) is 10.3 Å². The number of pyridine rings is 1. The van der Waals surface area contributed by atoms with Crippen molar-refractivity contribution >= 4 is 34.3 Å². The van der Waals surface area contributed by atoms with E-state index < -0.39 is 17.8 Å². The van der Waals surface area contributed by atoms with E-state index in [0.717, 1.165) is 5.39 Å². The molecular weight excluding hydrogens is 348 g/mol. The summed E-state index contributed by atoms with van der Waals surface area (Å²) in [7, 11) is 2.46. The highest BCUT2D eigenvalue weighted by Gasteiger charge is 2.17. The van der Waals surface area contributed by atoms with E-state index in [1.54, 1.807) is 18.3 Å². The van der Waals surface area contributed by atoms with Gasteiger partial charge in [0.1, 0.15) is 5.69 Å². The fourth-order valence-corrected chi connectivity index (χ4v) is 2.66. The van der Waals surface area contributed by atoms with Crippen LogP contribution in [0.1, 0.15) is 31.2 Å². The summed E-state index contributed by atoms with van der Waals surface area (Å²) in [4.78, 5) is 40.6. The van der Waals surface area contributed by atoms with Crippen molar-refractivity contribution in [2.24, 2.45) is 0 Å². The lowest BCUT2D eigenvalue weighted by Gasteiger charge is -2.10. The molecule has 27 heavy (non-hydrogen) atoms. The van der Waals surface area contributed by atoms with E-state index in [1.807, 2.05) is 18.2 Å². The number of aromatic nitrogens is 1. The number of fused-ring (bicyclic) bond motifs is 1. The first kappa shape index (κ1) is 18.1. The number of rotatable bonds is 4. The van der Waals surface area contributed by atoms with Gasteiger partial charge >= 0.3 is 11.9 Å². The van der Waals surface area contributed by atoms with Crippen LogP contribution in [0.2, 0.25) is 0 Å². The molecular formula is C20H16N2O5. The second-order valence-corrected chi connectivity index (χ2v) is 5.62. The summed E-state index contributed by atoms with van der Waals surface area (Å²) in [5.74, 6) is -1.75. The first-order chi connectivity index (χ1) is 13.0. The Morgan fingerprint density at radius 1 is 0.889 bits per heavy atom. The molecule has 3 aromatic rings. The first-order valence-corrected chi connectivity index (χ1v) is 8.00. The number of ether oxygens (including phenoxy) is 2. The average molecular weight is 364 g/mol. The van der Waals surface area contributed by atoms with Crippen molar-refractivity contribution in [3.05, 3.63) is 71.5 Å². The molecule has 0 radical (unpaired) electrons. The second-order valence-electron chi connectivity index (χ2n) is 5.62. The predicted octanol–water partition coefficient (Wildman–Crippen LogP) is 3.06. The van der Waals surface area contributed by atoms with Gasteiger partial charge in [-0.05, 0) is 29.7 Å². The van der Waals surface area contributed by atoms with Gasteiger partial charge in [0.05, 0.1) is 25.3 Å². The maximum atomic E-state index is 12.7. The van der Waals surface area contributed by atoms with Gasteiger partial charge < -0.3 is 14.8 Å². The van der Waals surface area contributed by atoms with Gasteiger partial charge in [-0.15, -0.1) is 0 Å². The molecule has 0 saturated heterocycles. The van der Waals surface area contributed by atoms with E-state index in [9.17, 15) is 14.4 Å². The largest absolute Gasteiger partial charge is 0.465 e. The second kappa shape index (κ2) is 7.65. The maximum absolute atomic E-state index is 12.7. The number of nitrogens with zero attached hydrogens (tertiary/aromatic N) is 1. The van der Waals surface area contributed by atoms with Crippen LogP contribution in [0.3, 0.4) is 0 Å². The molecule has 7 nitrogen and oxygen atoms in total. The van der Waals surface area contributed by atoms with Gasteiger partial charge in [0.2, 0.25) is 0 Å². The molecule has 0 atom stereocenters. The molecule has 0 unspecified atom stereocenters. The minimum absolute atomic E-state index is 0.113. The molecule has 136 valence electrons. The summed E-state index contributed by atoms with van der Waals surface area (Å²) in [6.45, 7) is 0. The zero-order valence-corrected chi connectivity index (χ0v) is 14.7. The standard InChI is InChI=1S/C20H16N2O5/c1-26-19(24)13-9-14(20(25)27-2)11-15(10-13)22-18(23)17-16-6-4-3-5-12(16)7-8-21-17/h3-11H,1-2H3,(H,22,23). The zero-order valence-electron chi connectivity index (χ0n) is 14.7. The number of carbonyl (C=O) groups excluding carboxylic acids is 3. The van der Waals surface area contributed by atoms with Crippen LogP contribution in [0, 0.1) is 0 Å². The number of amides is 1. The molecule has 7 heteroatoms. The number of benzene rings is 2. The third kappa shape index (κ3) is 3.77. The summed E-state index contributed by atoms with van der Waals surface area (Å²) in [6.07, 6.45) is 1.54. The van der Waals surface area contributed by atoms with Crippen molar-refractivity contribution in [3.8, 4) is 0 Å². The van der Waals surface area contributed by atoms with E-state index in [0.29, 0.717) is 5.39 Å². The third-order valence-electron chi connectivity index (χ3n) is 3.92. The Morgan fingerprint density at radius 2 is 1.52 bits per heavy atom. The number of carbonyl (C=O) groups is 3. The molecule has 0 spiro atoms. The van der Waals surface area contributed by atoms with Crippen molar-refractivity contribution in [1.29, 1.82) is 0 Å². The molecule has 0 saturated carbocycles. The topological polar surface area (TPSA) is 94.6 Å². The van der Waals surface area contributed by atoms with Gasteiger partial charge in [0.15, 0.2) is 0 Å². The van der Waals surface area contributed by atoms with E-state index in [4.69, 9.17) is 9.47 Å². The summed E-state index contributed by atoms with van der Waals surface area (Å²) < 4.78 is 9.38. The van der Waals surface area contributed by atoms with Crippen molar-refractivity contribution in [3.63, 3.8) is 0 Å². The summed E-state index contributed by atoms with van der Waals surface area (Å²) in [5.41, 5.74) is 0.706. The number of esters is 2. The number of methoxy groups -OCH3 is 2. The normalized spacial score (nSPS) is 10.3. The van der Waals surface area contributed by atoms with Crippen LogP contribution < -0.4 is 5.32 Å². The highest BCUT2D eigenvalue weighted by atomic mass is 16.5. The molecule has 0 fully saturated rings. The lowest BCUT2D eigenvalue weighted by atomic mass is 10.1. The fraction of sp³-hybridized carbons (Fsp3) is 0.100. The lowest BCUT2D eigenvalue weighted by molar-refractivity contribution is 0.0599. The fourth-order valence-electron chi connectivity index (χ4n) is 2.66. The number of nitrogens with one attached hydrogen (secondary N) is 1. The molecule has 3 rings (SSSR count). The SMILES string of the molecule is COC(=O)c1cc(NC(=O)c2nccc3ccccc23)cc(C(=O)OC)c1. The van der Waals surface area contributed by atoms with Gasteiger partial charge in [0, 0.05) is 17.3 Å². The van der Waals surface area contributed by atoms with Crippen LogP contribution in [-0.4, -0.2) is 37.0 Å². The van der Waals surface area contributed by atoms with Crippen LogP contribution in [0.25, 0.3) is 10.8 Å².